The third kappa shape index (κ3) is 6.09. The van der Waals surface area contributed by atoms with Gasteiger partial charge in [0.2, 0.25) is 0 Å². The summed E-state index contributed by atoms with van der Waals surface area (Å²) >= 11 is 0. The number of carbonyl (C=O) groups excluding carboxylic acids is 1. The van der Waals surface area contributed by atoms with Crippen molar-refractivity contribution in [3.63, 3.8) is 0 Å². The SMILES string of the molecule is CCNC(=O)N(Cc1ccc(C(F)(F)F)cc1)CC1CC(c2ccc(OC)c(OC)c2)=NO1. The van der Waals surface area contributed by atoms with Crippen molar-refractivity contribution in [2.45, 2.75) is 32.2 Å². The van der Waals surface area contributed by atoms with Gasteiger partial charge < -0.3 is 24.5 Å². The molecule has 2 aromatic carbocycles. The predicted molar refractivity (Wildman–Crippen MR) is 116 cm³/mol. The number of carbonyl (C=O) groups is 1. The van der Waals surface area contributed by atoms with Crippen molar-refractivity contribution in [3.8, 4) is 11.5 Å². The second-order valence-corrected chi connectivity index (χ2v) is 7.45. The number of halogens is 3. The van der Waals surface area contributed by atoms with Gasteiger partial charge in [-0.3, -0.25) is 0 Å². The minimum Gasteiger partial charge on any atom is -0.493 e. The van der Waals surface area contributed by atoms with Gasteiger partial charge >= 0.3 is 12.2 Å². The molecule has 1 aliphatic heterocycles. The van der Waals surface area contributed by atoms with Crippen LogP contribution >= 0.6 is 0 Å². The highest BCUT2D eigenvalue weighted by molar-refractivity contribution is 6.01. The molecule has 1 aliphatic rings. The molecule has 0 aliphatic carbocycles. The van der Waals surface area contributed by atoms with Crippen LogP contribution in [0.5, 0.6) is 11.5 Å². The summed E-state index contributed by atoms with van der Waals surface area (Å²) in [6, 6.07) is 9.84. The number of urea groups is 1. The van der Waals surface area contributed by atoms with Gasteiger partial charge in [-0.15, -0.1) is 0 Å². The van der Waals surface area contributed by atoms with Crippen molar-refractivity contribution < 1.29 is 32.3 Å². The van der Waals surface area contributed by atoms with Crippen molar-refractivity contribution in [3.05, 3.63) is 59.2 Å². The molecule has 1 heterocycles. The first-order chi connectivity index (χ1) is 15.7. The number of hydrogen-bond donors (Lipinski definition) is 1. The molecule has 1 N–H and O–H groups in total. The van der Waals surface area contributed by atoms with Gasteiger partial charge in [-0.25, -0.2) is 4.79 Å². The average Bonchev–Trinajstić information content (AvgIpc) is 3.26. The van der Waals surface area contributed by atoms with Gasteiger partial charge in [-0.05, 0) is 42.8 Å². The average molecular weight is 465 g/mol. The Hall–Kier alpha value is -3.43. The normalized spacial score (nSPS) is 15.5. The number of nitrogens with zero attached hydrogens (tertiary/aromatic N) is 2. The van der Waals surface area contributed by atoms with Crippen LogP contribution in [0.4, 0.5) is 18.0 Å². The minimum atomic E-state index is -4.41. The quantitative estimate of drug-likeness (QED) is 0.626. The molecule has 0 spiro atoms. The lowest BCUT2D eigenvalue weighted by molar-refractivity contribution is -0.137. The van der Waals surface area contributed by atoms with E-state index in [2.05, 4.69) is 10.5 Å². The standard InChI is InChI=1S/C23H26F3N3O4/c1-4-27-22(30)29(13-15-5-8-17(9-6-15)23(24,25)26)14-18-12-19(28-33-18)16-7-10-20(31-2)21(11-16)32-3/h5-11,18H,4,12-14H2,1-3H3,(H,27,30). The molecule has 0 radical (unpaired) electrons. The molecule has 178 valence electrons. The summed E-state index contributed by atoms with van der Waals surface area (Å²) in [5.74, 6) is 1.16. The van der Waals surface area contributed by atoms with E-state index in [4.69, 9.17) is 14.3 Å². The first kappa shape index (κ1) is 24.2. The van der Waals surface area contributed by atoms with E-state index in [1.165, 1.54) is 17.0 Å². The Bertz CT molecular complexity index is 993. The molecule has 0 bridgehead atoms. The Morgan fingerprint density at radius 2 is 1.85 bits per heavy atom. The van der Waals surface area contributed by atoms with E-state index in [9.17, 15) is 18.0 Å². The molecule has 3 rings (SSSR count). The Labute approximate surface area is 190 Å². The number of alkyl halides is 3. The molecule has 0 fully saturated rings. The maximum Gasteiger partial charge on any atom is 0.416 e. The van der Waals surface area contributed by atoms with E-state index in [1.54, 1.807) is 33.3 Å². The van der Waals surface area contributed by atoms with Gasteiger partial charge in [-0.2, -0.15) is 13.2 Å². The van der Waals surface area contributed by atoms with E-state index in [0.29, 0.717) is 35.7 Å². The highest BCUT2D eigenvalue weighted by atomic mass is 19.4. The first-order valence-corrected chi connectivity index (χ1v) is 10.4. The first-order valence-electron chi connectivity index (χ1n) is 10.4. The Kier molecular flexibility index (Phi) is 7.67. The van der Waals surface area contributed by atoms with Gasteiger partial charge in [-0.1, -0.05) is 17.3 Å². The molecular formula is C23H26F3N3O4. The molecule has 33 heavy (non-hydrogen) atoms. The largest absolute Gasteiger partial charge is 0.493 e. The molecule has 10 heteroatoms. The molecule has 1 unspecified atom stereocenters. The zero-order chi connectivity index (χ0) is 24.0. The lowest BCUT2D eigenvalue weighted by Gasteiger charge is -2.25. The van der Waals surface area contributed by atoms with Gasteiger partial charge in [0, 0.05) is 25.1 Å². The van der Waals surface area contributed by atoms with Gasteiger partial charge in [0.25, 0.3) is 0 Å². The number of rotatable bonds is 8. The van der Waals surface area contributed by atoms with Crippen LogP contribution in [-0.4, -0.2) is 50.1 Å². The molecule has 7 nitrogen and oxygen atoms in total. The lowest BCUT2D eigenvalue weighted by Crippen LogP contribution is -2.43. The van der Waals surface area contributed by atoms with Gasteiger partial charge in [0.05, 0.1) is 32.0 Å². The highest BCUT2D eigenvalue weighted by Crippen LogP contribution is 2.30. The zero-order valence-corrected chi connectivity index (χ0v) is 18.6. The van der Waals surface area contributed by atoms with Crippen molar-refractivity contribution >= 4 is 11.7 Å². The van der Waals surface area contributed by atoms with Crippen LogP contribution in [0.15, 0.2) is 47.6 Å². The van der Waals surface area contributed by atoms with Crippen LogP contribution in [0.2, 0.25) is 0 Å². The van der Waals surface area contributed by atoms with Crippen LogP contribution in [-0.2, 0) is 17.6 Å². The summed E-state index contributed by atoms with van der Waals surface area (Å²) in [5, 5.41) is 6.89. The Morgan fingerprint density at radius 3 is 2.45 bits per heavy atom. The van der Waals surface area contributed by atoms with Crippen LogP contribution in [0.1, 0.15) is 30.0 Å². The number of benzene rings is 2. The van der Waals surface area contributed by atoms with E-state index in [1.807, 2.05) is 6.07 Å². The summed E-state index contributed by atoms with van der Waals surface area (Å²) in [6.07, 6.45) is -4.35. The van der Waals surface area contributed by atoms with E-state index in [-0.39, 0.29) is 19.1 Å². The van der Waals surface area contributed by atoms with Crippen molar-refractivity contribution in [1.29, 1.82) is 0 Å². The molecule has 0 saturated carbocycles. The Balaban J connectivity index is 1.68. The van der Waals surface area contributed by atoms with E-state index >= 15 is 0 Å². The number of oxime groups is 1. The van der Waals surface area contributed by atoms with Crippen molar-refractivity contribution in [1.82, 2.24) is 10.2 Å². The fourth-order valence-electron chi connectivity index (χ4n) is 3.46. The van der Waals surface area contributed by atoms with Crippen LogP contribution in [0.25, 0.3) is 0 Å². The van der Waals surface area contributed by atoms with Crippen LogP contribution in [0, 0.1) is 0 Å². The van der Waals surface area contributed by atoms with Crippen LogP contribution < -0.4 is 14.8 Å². The molecular weight excluding hydrogens is 439 g/mol. The summed E-state index contributed by atoms with van der Waals surface area (Å²) in [5.41, 5.74) is 1.35. The number of nitrogens with one attached hydrogen (secondary N) is 1. The maximum atomic E-state index is 12.8. The number of methoxy groups -OCH3 is 2. The lowest BCUT2D eigenvalue weighted by atomic mass is 10.0. The minimum absolute atomic E-state index is 0.134. The summed E-state index contributed by atoms with van der Waals surface area (Å²) < 4.78 is 49.1. The molecule has 1 atom stereocenters. The number of ether oxygens (including phenoxy) is 2. The second-order valence-electron chi connectivity index (χ2n) is 7.45. The Morgan fingerprint density at radius 1 is 1.15 bits per heavy atom. The number of hydrogen-bond acceptors (Lipinski definition) is 5. The van der Waals surface area contributed by atoms with Crippen molar-refractivity contribution in [2.75, 3.05) is 27.3 Å². The third-order valence-electron chi connectivity index (χ3n) is 5.14. The topological polar surface area (TPSA) is 72.4 Å². The molecule has 0 aromatic heterocycles. The third-order valence-corrected chi connectivity index (χ3v) is 5.14. The smallest absolute Gasteiger partial charge is 0.416 e. The fourth-order valence-corrected chi connectivity index (χ4v) is 3.46. The summed E-state index contributed by atoms with van der Waals surface area (Å²) in [4.78, 5) is 19.6. The molecule has 2 aromatic rings. The van der Waals surface area contributed by atoms with Crippen LogP contribution in [0.3, 0.4) is 0 Å². The van der Waals surface area contributed by atoms with E-state index in [0.717, 1.165) is 17.7 Å². The monoisotopic (exact) mass is 465 g/mol. The zero-order valence-electron chi connectivity index (χ0n) is 18.6. The molecule has 0 saturated heterocycles. The van der Waals surface area contributed by atoms with E-state index < -0.39 is 17.8 Å². The predicted octanol–water partition coefficient (Wildman–Crippen LogP) is 4.45. The fraction of sp³-hybridized carbons (Fsp3) is 0.391. The highest BCUT2D eigenvalue weighted by Gasteiger charge is 2.30. The number of amides is 2. The van der Waals surface area contributed by atoms with Gasteiger partial charge in [0.1, 0.15) is 0 Å². The maximum absolute atomic E-state index is 12.8. The summed E-state index contributed by atoms with van der Waals surface area (Å²) in [7, 11) is 3.10. The molecule has 2 amide bonds. The second kappa shape index (κ2) is 10.5. The van der Waals surface area contributed by atoms with Crippen molar-refractivity contribution in [2.24, 2.45) is 5.16 Å². The summed E-state index contributed by atoms with van der Waals surface area (Å²) in [6.45, 7) is 2.56. The van der Waals surface area contributed by atoms with Gasteiger partial charge in [0.15, 0.2) is 17.6 Å².